The van der Waals surface area contributed by atoms with E-state index in [0.29, 0.717) is 18.1 Å². The van der Waals surface area contributed by atoms with Crippen molar-refractivity contribution in [2.45, 2.75) is 39.3 Å². The van der Waals surface area contributed by atoms with Crippen molar-refractivity contribution in [2.75, 3.05) is 33.3 Å². The predicted octanol–water partition coefficient (Wildman–Crippen LogP) is 2.31. The molecule has 0 aliphatic carbocycles. The highest BCUT2D eigenvalue weighted by Crippen LogP contribution is 2.27. The Bertz CT molecular complexity index is 830. The summed E-state index contributed by atoms with van der Waals surface area (Å²) in [6, 6.07) is 2.87. The van der Waals surface area contributed by atoms with E-state index in [0.717, 1.165) is 39.0 Å². The molecule has 1 aliphatic heterocycles. The van der Waals surface area contributed by atoms with Crippen molar-refractivity contribution in [3.63, 3.8) is 0 Å². The van der Waals surface area contributed by atoms with Gasteiger partial charge < -0.3 is 10.1 Å². The molecule has 0 bridgehead atoms. The average Bonchev–Trinajstić information content (AvgIpc) is 2.67. The minimum atomic E-state index is -0.517. The molecule has 0 amide bonds. The van der Waals surface area contributed by atoms with Gasteiger partial charge in [-0.05, 0) is 19.4 Å². The monoisotopic (exact) mass is 362 g/mol. The van der Waals surface area contributed by atoms with Gasteiger partial charge in [-0.2, -0.15) is 0 Å². The van der Waals surface area contributed by atoms with E-state index in [1.165, 1.54) is 13.2 Å². The van der Waals surface area contributed by atoms with Gasteiger partial charge in [0.15, 0.2) is 5.82 Å². The summed E-state index contributed by atoms with van der Waals surface area (Å²) in [5, 5.41) is 3.62. The number of halogens is 1. The zero-order valence-electron chi connectivity index (χ0n) is 15.7. The first kappa shape index (κ1) is 18.8. The summed E-state index contributed by atoms with van der Waals surface area (Å²) in [5.74, 6) is 0.478. The molecular formula is C19H27FN4O2. The van der Waals surface area contributed by atoms with Crippen LogP contribution < -0.4 is 15.6 Å². The standard InChI is InChI=1S/C19H27FN4O2/c1-4-6-16(23-9-7-21-8-10-23)18-22-17-14(19(25)24(18)5-2)11-13(26-3)12-15(17)20/h11-12,16,21H,4-10H2,1-3H3. The van der Waals surface area contributed by atoms with Gasteiger partial charge in [-0.25, -0.2) is 9.37 Å². The first-order valence-corrected chi connectivity index (χ1v) is 9.33. The number of nitrogens with zero attached hydrogens (tertiary/aromatic N) is 3. The lowest BCUT2D eigenvalue weighted by atomic mass is 10.1. The van der Waals surface area contributed by atoms with Gasteiger partial charge in [0.1, 0.15) is 17.1 Å². The molecular weight excluding hydrogens is 335 g/mol. The average molecular weight is 362 g/mol. The van der Waals surface area contributed by atoms with E-state index in [4.69, 9.17) is 4.74 Å². The fourth-order valence-electron chi connectivity index (χ4n) is 3.70. The van der Waals surface area contributed by atoms with Gasteiger partial charge in [0.05, 0.1) is 18.5 Å². The highest BCUT2D eigenvalue weighted by molar-refractivity contribution is 5.80. The maximum atomic E-state index is 14.6. The van der Waals surface area contributed by atoms with Crippen molar-refractivity contribution in [3.05, 3.63) is 34.1 Å². The number of piperazine rings is 1. The molecule has 1 aliphatic rings. The smallest absolute Gasteiger partial charge is 0.261 e. The molecule has 0 spiro atoms. The first-order chi connectivity index (χ1) is 12.6. The zero-order chi connectivity index (χ0) is 18.7. The minimum absolute atomic E-state index is 0.0145. The molecule has 142 valence electrons. The van der Waals surface area contributed by atoms with Crippen LogP contribution in [0.4, 0.5) is 4.39 Å². The molecule has 1 atom stereocenters. The van der Waals surface area contributed by atoms with Crippen LogP contribution in [0, 0.1) is 5.82 Å². The Morgan fingerprint density at radius 3 is 2.65 bits per heavy atom. The second-order valence-electron chi connectivity index (χ2n) is 6.62. The summed E-state index contributed by atoms with van der Waals surface area (Å²) in [6.45, 7) is 8.17. The summed E-state index contributed by atoms with van der Waals surface area (Å²) in [6.07, 6.45) is 1.85. The number of nitrogens with one attached hydrogen (secondary N) is 1. The lowest BCUT2D eigenvalue weighted by Gasteiger charge is -2.35. The number of hydrogen-bond acceptors (Lipinski definition) is 5. The van der Waals surface area contributed by atoms with E-state index in [2.05, 4.69) is 22.1 Å². The molecule has 7 heteroatoms. The fourth-order valence-corrected chi connectivity index (χ4v) is 3.70. The van der Waals surface area contributed by atoms with Crippen LogP contribution in [0.25, 0.3) is 10.9 Å². The van der Waals surface area contributed by atoms with Gasteiger partial charge in [-0.15, -0.1) is 0 Å². The third-order valence-corrected chi connectivity index (χ3v) is 5.02. The van der Waals surface area contributed by atoms with Crippen molar-refractivity contribution in [1.82, 2.24) is 19.8 Å². The summed E-state index contributed by atoms with van der Waals surface area (Å²) in [4.78, 5) is 20.1. The van der Waals surface area contributed by atoms with Gasteiger partial charge >= 0.3 is 0 Å². The van der Waals surface area contributed by atoms with E-state index < -0.39 is 5.82 Å². The fraction of sp³-hybridized carbons (Fsp3) is 0.579. The molecule has 1 aromatic heterocycles. The molecule has 2 heterocycles. The van der Waals surface area contributed by atoms with E-state index in [1.807, 2.05) is 6.92 Å². The van der Waals surface area contributed by atoms with E-state index in [9.17, 15) is 9.18 Å². The van der Waals surface area contributed by atoms with Crippen LogP contribution in [0.3, 0.4) is 0 Å². The second-order valence-corrected chi connectivity index (χ2v) is 6.62. The first-order valence-electron chi connectivity index (χ1n) is 9.33. The highest BCUT2D eigenvalue weighted by atomic mass is 19.1. The minimum Gasteiger partial charge on any atom is -0.497 e. The number of methoxy groups -OCH3 is 1. The summed E-state index contributed by atoms with van der Waals surface area (Å²) in [5.41, 5.74) is -0.0757. The van der Waals surface area contributed by atoms with E-state index in [-0.39, 0.29) is 22.5 Å². The maximum absolute atomic E-state index is 14.6. The molecule has 0 saturated carbocycles. The van der Waals surface area contributed by atoms with Crippen LogP contribution in [-0.2, 0) is 6.54 Å². The Labute approximate surface area is 153 Å². The van der Waals surface area contributed by atoms with Gasteiger partial charge in [-0.3, -0.25) is 14.3 Å². The molecule has 6 nitrogen and oxygen atoms in total. The van der Waals surface area contributed by atoms with Crippen LogP contribution in [-0.4, -0.2) is 47.7 Å². The lowest BCUT2D eigenvalue weighted by Crippen LogP contribution is -2.46. The second kappa shape index (κ2) is 8.14. The van der Waals surface area contributed by atoms with Crippen molar-refractivity contribution >= 4 is 10.9 Å². The Morgan fingerprint density at radius 1 is 1.31 bits per heavy atom. The largest absolute Gasteiger partial charge is 0.497 e. The number of aromatic nitrogens is 2. The van der Waals surface area contributed by atoms with Gasteiger partial charge in [0.25, 0.3) is 5.56 Å². The lowest BCUT2D eigenvalue weighted by molar-refractivity contribution is 0.154. The van der Waals surface area contributed by atoms with Gasteiger partial charge in [0, 0.05) is 38.8 Å². The van der Waals surface area contributed by atoms with Gasteiger partial charge in [-0.1, -0.05) is 13.3 Å². The van der Waals surface area contributed by atoms with Crippen molar-refractivity contribution in [1.29, 1.82) is 0 Å². The molecule has 1 unspecified atom stereocenters. The number of rotatable bonds is 6. The number of benzene rings is 1. The van der Waals surface area contributed by atoms with Crippen molar-refractivity contribution in [2.24, 2.45) is 0 Å². The normalized spacial score (nSPS) is 16.8. The summed E-state index contributed by atoms with van der Waals surface area (Å²) < 4.78 is 21.4. The third-order valence-electron chi connectivity index (χ3n) is 5.02. The molecule has 1 aromatic carbocycles. The van der Waals surface area contributed by atoms with Crippen LogP contribution in [0.2, 0.25) is 0 Å². The highest BCUT2D eigenvalue weighted by Gasteiger charge is 2.27. The molecule has 1 N–H and O–H groups in total. The Morgan fingerprint density at radius 2 is 2.04 bits per heavy atom. The SMILES string of the molecule is CCCC(c1nc2c(F)cc(OC)cc2c(=O)n1CC)N1CCNCC1. The number of fused-ring (bicyclic) bond motifs is 1. The van der Waals surface area contributed by atoms with Crippen LogP contribution in [0.5, 0.6) is 5.75 Å². The summed E-state index contributed by atoms with van der Waals surface area (Å²) in [7, 11) is 1.46. The Balaban J connectivity index is 2.19. The number of ether oxygens (including phenoxy) is 1. The van der Waals surface area contributed by atoms with Crippen molar-refractivity contribution < 1.29 is 9.13 Å². The maximum Gasteiger partial charge on any atom is 0.261 e. The van der Waals surface area contributed by atoms with E-state index in [1.54, 1.807) is 10.6 Å². The molecule has 0 radical (unpaired) electrons. The summed E-state index contributed by atoms with van der Waals surface area (Å²) >= 11 is 0. The molecule has 1 fully saturated rings. The Hall–Kier alpha value is -1.99. The van der Waals surface area contributed by atoms with Crippen LogP contribution >= 0.6 is 0 Å². The molecule has 2 aromatic rings. The van der Waals surface area contributed by atoms with Gasteiger partial charge in [0.2, 0.25) is 0 Å². The topological polar surface area (TPSA) is 59.4 Å². The van der Waals surface area contributed by atoms with Crippen molar-refractivity contribution in [3.8, 4) is 5.75 Å². The quantitative estimate of drug-likeness (QED) is 0.855. The van der Waals surface area contributed by atoms with E-state index >= 15 is 0 Å². The third kappa shape index (κ3) is 3.46. The molecule has 1 saturated heterocycles. The predicted molar refractivity (Wildman–Crippen MR) is 100 cm³/mol. The van der Waals surface area contributed by atoms with Crippen LogP contribution in [0.15, 0.2) is 16.9 Å². The van der Waals surface area contributed by atoms with Crippen LogP contribution in [0.1, 0.15) is 38.6 Å². The Kier molecular flexibility index (Phi) is 5.88. The molecule has 3 rings (SSSR count). The zero-order valence-corrected chi connectivity index (χ0v) is 15.7. The molecule has 26 heavy (non-hydrogen) atoms. The number of hydrogen-bond donors (Lipinski definition) is 1.